The normalized spacial score (nSPS) is 13.9. The smallest absolute Gasteiger partial charge is 0.227 e. The number of nitrogens with one attached hydrogen (secondary N) is 3. The maximum atomic E-state index is 12.0. The SMILES string of the molecule is CCNC(=O)C(C)(C)CN=C(NCC)NC(C)CCC(C)C. The van der Waals surface area contributed by atoms with Gasteiger partial charge in [0, 0.05) is 19.1 Å². The molecular weight excluding hydrogens is 276 g/mol. The molecule has 0 aliphatic heterocycles. The highest BCUT2D eigenvalue weighted by atomic mass is 16.2. The number of nitrogens with zero attached hydrogens (tertiary/aromatic N) is 1. The molecule has 0 aromatic heterocycles. The van der Waals surface area contributed by atoms with Crippen LogP contribution in [0.15, 0.2) is 4.99 Å². The van der Waals surface area contributed by atoms with E-state index in [1.807, 2.05) is 27.7 Å². The second-order valence-electron chi connectivity index (χ2n) is 6.96. The first-order chi connectivity index (χ1) is 10.2. The van der Waals surface area contributed by atoms with Gasteiger partial charge >= 0.3 is 0 Å². The summed E-state index contributed by atoms with van der Waals surface area (Å²) in [4.78, 5) is 16.6. The molecule has 0 heterocycles. The molecule has 0 spiro atoms. The lowest BCUT2D eigenvalue weighted by molar-refractivity contribution is -0.128. The van der Waals surface area contributed by atoms with Crippen molar-refractivity contribution in [2.45, 2.75) is 67.3 Å². The predicted molar refractivity (Wildman–Crippen MR) is 95.1 cm³/mol. The molecule has 1 atom stereocenters. The van der Waals surface area contributed by atoms with E-state index in [4.69, 9.17) is 0 Å². The van der Waals surface area contributed by atoms with Crippen molar-refractivity contribution < 1.29 is 4.79 Å². The highest BCUT2D eigenvalue weighted by Gasteiger charge is 2.26. The van der Waals surface area contributed by atoms with Crippen LogP contribution in [0, 0.1) is 11.3 Å². The minimum atomic E-state index is -0.500. The van der Waals surface area contributed by atoms with Gasteiger partial charge in [0.05, 0.1) is 12.0 Å². The monoisotopic (exact) mass is 312 g/mol. The highest BCUT2D eigenvalue weighted by Crippen LogP contribution is 2.15. The van der Waals surface area contributed by atoms with Crippen LogP contribution < -0.4 is 16.0 Å². The van der Waals surface area contributed by atoms with Crippen molar-refractivity contribution in [3.8, 4) is 0 Å². The van der Waals surface area contributed by atoms with Gasteiger partial charge in [-0.05, 0) is 53.4 Å². The summed E-state index contributed by atoms with van der Waals surface area (Å²) >= 11 is 0. The molecule has 0 bridgehead atoms. The molecule has 0 rings (SSSR count). The topological polar surface area (TPSA) is 65.5 Å². The van der Waals surface area contributed by atoms with Gasteiger partial charge in [0.15, 0.2) is 5.96 Å². The fourth-order valence-electron chi connectivity index (χ4n) is 1.96. The number of carbonyl (C=O) groups excluding carboxylic acids is 1. The summed E-state index contributed by atoms with van der Waals surface area (Å²) in [5.41, 5.74) is -0.500. The molecule has 0 saturated heterocycles. The minimum Gasteiger partial charge on any atom is -0.357 e. The zero-order valence-electron chi connectivity index (χ0n) is 15.5. The summed E-state index contributed by atoms with van der Waals surface area (Å²) in [5.74, 6) is 1.54. The maximum Gasteiger partial charge on any atom is 0.227 e. The quantitative estimate of drug-likeness (QED) is 0.453. The second kappa shape index (κ2) is 10.5. The van der Waals surface area contributed by atoms with Gasteiger partial charge in [-0.25, -0.2) is 0 Å². The molecule has 3 N–H and O–H groups in total. The molecule has 0 fully saturated rings. The standard InChI is InChI=1S/C17H36N4O/c1-8-18-15(22)17(6,7)12-20-16(19-9-2)21-14(5)11-10-13(3)4/h13-14H,8-12H2,1-7H3,(H,18,22)(H2,19,20,21). The van der Waals surface area contributed by atoms with Crippen LogP contribution in [0.2, 0.25) is 0 Å². The largest absolute Gasteiger partial charge is 0.357 e. The first kappa shape index (κ1) is 20.7. The molecule has 0 radical (unpaired) electrons. The molecular formula is C17H36N4O. The third-order valence-corrected chi connectivity index (χ3v) is 3.49. The molecule has 5 nitrogen and oxygen atoms in total. The van der Waals surface area contributed by atoms with Gasteiger partial charge in [-0.15, -0.1) is 0 Å². The molecule has 0 saturated carbocycles. The number of guanidine groups is 1. The van der Waals surface area contributed by atoms with E-state index in [0.717, 1.165) is 18.9 Å². The van der Waals surface area contributed by atoms with Crippen LogP contribution in [-0.2, 0) is 4.79 Å². The van der Waals surface area contributed by atoms with Crippen LogP contribution in [0.5, 0.6) is 0 Å². The molecule has 0 aliphatic rings. The summed E-state index contributed by atoms with van der Waals surface area (Å²) in [6.45, 7) is 16.4. The van der Waals surface area contributed by atoms with Crippen molar-refractivity contribution in [1.29, 1.82) is 0 Å². The van der Waals surface area contributed by atoms with Gasteiger partial charge < -0.3 is 16.0 Å². The van der Waals surface area contributed by atoms with Gasteiger partial charge in [-0.2, -0.15) is 0 Å². The Morgan fingerprint density at radius 1 is 1.05 bits per heavy atom. The van der Waals surface area contributed by atoms with Gasteiger partial charge in [0.1, 0.15) is 0 Å². The molecule has 1 unspecified atom stereocenters. The molecule has 22 heavy (non-hydrogen) atoms. The average Bonchev–Trinajstić information content (AvgIpc) is 2.43. The minimum absolute atomic E-state index is 0.0439. The van der Waals surface area contributed by atoms with Crippen LogP contribution >= 0.6 is 0 Å². The summed E-state index contributed by atoms with van der Waals surface area (Å²) in [5, 5.41) is 9.54. The Bertz CT molecular complexity index is 351. The van der Waals surface area contributed by atoms with Crippen molar-refractivity contribution in [3.05, 3.63) is 0 Å². The molecule has 0 aromatic carbocycles. The third kappa shape index (κ3) is 8.90. The number of hydrogen-bond donors (Lipinski definition) is 3. The molecule has 130 valence electrons. The lowest BCUT2D eigenvalue weighted by Gasteiger charge is -2.23. The second-order valence-corrected chi connectivity index (χ2v) is 6.96. The fourth-order valence-corrected chi connectivity index (χ4v) is 1.96. The summed E-state index contributed by atoms with van der Waals surface area (Å²) < 4.78 is 0. The molecule has 5 heteroatoms. The Morgan fingerprint density at radius 3 is 2.14 bits per heavy atom. The Morgan fingerprint density at radius 2 is 1.64 bits per heavy atom. The van der Waals surface area contributed by atoms with Crippen LogP contribution in [0.3, 0.4) is 0 Å². The van der Waals surface area contributed by atoms with E-state index >= 15 is 0 Å². The van der Waals surface area contributed by atoms with E-state index in [-0.39, 0.29) is 5.91 Å². The van der Waals surface area contributed by atoms with E-state index < -0.39 is 5.41 Å². The summed E-state index contributed by atoms with van der Waals surface area (Å²) in [6, 6.07) is 0.368. The van der Waals surface area contributed by atoms with Crippen molar-refractivity contribution >= 4 is 11.9 Å². The highest BCUT2D eigenvalue weighted by molar-refractivity contribution is 5.83. The van der Waals surface area contributed by atoms with Crippen LogP contribution in [0.4, 0.5) is 0 Å². The zero-order chi connectivity index (χ0) is 17.2. The van der Waals surface area contributed by atoms with Crippen molar-refractivity contribution in [3.63, 3.8) is 0 Å². The van der Waals surface area contributed by atoms with E-state index in [1.54, 1.807) is 0 Å². The fraction of sp³-hybridized carbons (Fsp3) is 0.882. The first-order valence-electron chi connectivity index (χ1n) is 8.56. The Kier molecular flexibility index (Phi) is 9.86. The Hall–Kier alpha value is -1.26. The van der Waals surface area contributed by atoms with Gasteiger partial charge in [0.25, 0.3) is 0 Å². The first-order valence-corrected chi connectivity index (χ1v) is 8.56. The predicted octanol–water partition coefficient (Wildman–Crippen LogP) is 2.53. The Labute approximate surface area is 136 Å². The van der Waals surface area contributed by atoms with Crippen LogP contribution in [0.1, 0.15) is 61.3 Å². The van der Waals surface area contributed by atoms with Gasteiger partial charge in [-0.3, -0.25) is 9.79 Å². The van der Waals surface area contributed by atoms with E-state index in [9.17, 15) is 4.79 Å². The Balaban J connectivity index is 4.62. The van der Waals surface area contributed by atoms with Crippen molar-refractivity contribution in [2.24, 2.45) is 16.3 Å². The lowest BCUT2D eigenvalue weighted by atomic mass is 9.92. The molecule has 0 aliphatic carbocycles. The van der Waals surface area contributed by atoms with Crippen molar-refractivity contribution in [2.75, 3.05) is 19.6 Å². The number of aliphatic imine (C=N–C) groups is 1. The number of rotatable bonds is 9. The maximum absolute atomic E-state index is 12.0. The zero-order valence-corrected chi connectivity index (χ0v) is 15.5. The van der Waals surface area contributed by atoms with Crippen LogP contribution in [0.25, 0.3) is 0 Å². The number of carbonyl (C=O) groups is 1. The van der Waals surface area contributed by atoms with E-state index in [0.29, 0.717) is 25.0 Å². The number of hydrogen-bond acceptors (Lipinski definition) is 2. The average molecular weight is 313 g/mol. The van der Waals surface area contributed by atoms with Gasteiger partial charge in [-0.1, -0.05) is 13.8 Å². The summed E-state index contributed by atoms with van der Waals surface area (Å²) in [6.07, 6.45) is 2.31. The molecule has 0 aromatic rings. The van der Waals surface area contributed by atoms with Gasteiger partial charge in [0.2, 0.25) is 5.91 Å². The third-order valence-electron chi connectivity index (χ3n) is 3.49. The lowest BCUT2D eigenvalue weighted by Crippen LogP contribution is -2.44. The van der Waals surface area contributed by atoms with Crippen LogP contribution in [-0.4, -0.2) is 37.5 Å². The van der Waals surface area contributed by atoms with E-state index in [1.165, 1.54) is 6.42 Å². The molecule has 1 amide bonds. The van der Waals surface area contributed by atoms with Crippen molar-refractivity contribution in [1.82, 2.24) is 16.0 Å². The van der Waals surface area contributed by atoms with E-state index in [2.05, 4.69) is 41.7 Å². The number of amides is 1. The summed E-state index contributed by atoms with van der Waals surface area (Å²) in [7, 11) is 0.